The molecule has 0 radical (unpaired) electrons. The Balaban J connectivity index is 2.11. The molecule has 3 atom stereocenters. The maximum atomic E-state index is 6.26. The summed E-state index contributed by atoms with van der Waals surface area (Å²) < 4.78 is 11.7. The van der Waals surface area contributed by atoms with Crippen molar-refractivity contribution in [2.75, 3.05) is 13.7 Å². The van der Waals surface area contributed by atoms with E-state index >= 15 is 0 Å². The Kier molecular flexibility index (Phi) is 6.34. The van der Waals surface area contributed by atoms with E-state index in [1.807, 2.05) is 18.2 Å². The summed E-state index contributed by atoms with van der Waals surface area (Å²) in [6.45, 7) is 5.16. The zero-order valence-corrected chi connectivity index (χ0v) is 14.0. The van der Waals surface area contributed by atoms with Gasteiger partial charge in [0.1, 0.15) is 11.9 Å². The molecule has 3 nitrogen and oxygen atoms in total. The topological polar surface area (TPSA) is 30.5 Å². The van der Waals surface area contributed by atoms with Crippen LogP contribution in [0.15, 0.2) is 18.2 Å². The summed E-state index contributed by atoms with van der Waals surface area (Å²) in [6, 6.07) is 6.11. The van der Waals surface area contributed by atoms with Crippen LogP contribution in [-0.4, -0.2) is 25.9 Å². The van der Waals surface area contributed by atoms with Crippen molar-refractivity contribution in [1.29, 1.82) is 0 Å². The molecule has 0 aromatic heterocycles. The average molecular weight is 312 g/mol. The maximum absolute atomic E-state index is 6.26. The first-order chi connectivity index (χ1) is 10.1. The van der Waals surface area contributed by atoms with E-state index in [4.69, 9.17) is 21.1 Å². The lowest BCUT2D eigenvalue weighted by Gasteiger charge is -2.30. The van der Waals surface area contributed by atoms with Crippen molar-refractivity contribution < 1.29 is 9.47 Å². The zero-order chi connectivity index (χ0) is 15.2. The Labute approximate surface area is 133 Å². The molecule has 21 heavy (non-hydrogen) atoms. The first-order valence-electron chi connectivity index (χ1n) is 7.86. The van der Waals surface area contributed by atoms with E-state index in [1.54, 1.807) is 7.11 Å². The predicted octanol–water partition coefficient (Wildman–Crippen LogP) is 4.35. The molecule has 1 N–H and O–H groups in total. The molecule has 2 rings (SSSR count). The van der Waals surface area contributed by atoms with E-state index in [2.05, 4.69) is 19.2 Å². The molecule has 1 fully saturated rings. The lowest BCUT2D eigenvalue weighted by Crippen LogP contribution is -2.30. The van der Waals surface area contributed by atoms with Gasteiger partial charge in [-0.1, -0.05) is 18.5 Å². The average Bonchev–Trinajstić information content (AvgIpc) is 2.49. The lowest BCUT2D eigenvalue weighted by molar-refractivity contribution is 0.0205. The molecule has 0 saturated heterocycles. The van der Waals surface area contributed by atoms with Gasteiger partial charge in [0.05, 0.1) is 6.10 Å². The molecule has 1 aliphatic rings. The fourth-order valence-electron chi connectivity index (χ4n) is 2.98. The highest BCUT2D eigenvalue weighted by Gasteiger charge is 2.24. The van der Waals surface area contributed by atoms with Crippen LogP contribution in [-0.2, 0) is 4.74 Å². The highest BCUT2D eigenvalue weighted by Crippen LogP contribution is 2.32. The van der Waals surface area contributed by atoms with Crippen LogP contribution in [0.3, 0.4) is 0 Å². The fraction of sp³-hybridized carbons (Fsp3) is 0.647. The summed E-state index contributed by atoms with van der Waals surface area (Å²) in [6.07, 6.45) is 4.92. The van der Waals surface area contributed by atoms with Gasteiger partial charge in [-0.2, -0.15) is 0 Å². The Morgan fingerprint density at radius 1 is 1.33 bits per heavy atom. The van der Waals surface area contributed by atoms with Gasteiger partial charge < -0.3 is 14.8 Å². The highest BCUT2D eigenvalue weighted by molar-refractivity contribution is 6.30. The molecule has 0 amide bonds. The smallest absolute Gasteiger partial charge is 0.124 e. The van der Waals surface area contributed by atoms with Crippen molar-refractivity contribution in [2.24, 2.45) is 0 Å². The monoisotopic (exact) mass is 311 g/mol. The third kappa shape index (κ3) is 4.60. The van der Waals surface area contributed by atoms with Crippen molar-refractivity contribution in [3.8, 4) is 5.75 Å². The normalized spacial score (nSPS) is 23.8. The van der Waals surface area contributed by atoms with Crippen LogP contribution in [0.5, 0.6) is 5.75 Å². The molecule has 0 bridgehead atoms. The van der Waals surface area contributed by atoms with E-state index < -0.39 is 0 Å². The number of benzene rings is 1. The SMILES string of the molecule is CCNC(C)c1cc(Cl)ccc1OC1CCCC(OC)C1. The van der Waals surface area contributed by atoms with Gasteiger partial charge in [0.25, 0.3) is 0 Å². The summed E-state index contributed by atoms with van der Waals surface area (Å²) in [5.41, 5.74) is 1.13. The van der Waals surface area contributed by atoms with Gasteiger partial charge in [-0.15, -0.1) is 0 Å². The molecule has 1 aliphatic carbocycles. The zero-order valence-electron chi connectivity index (χ0n) is 13.2. The number of methoxy groups -OCH3 is 1. The predicted molar refractivity (Wildman–Crippen MR) is 87.2 cm³/mol. The van der Waals surface area contributed by atoms with Gasteiger partial charge in [-0.05, 0) is 50.9 Å². The van der Waals surface area contributed by atoms with Crippen LogP contribution in [0, 0.1) is 0 Å². The Morgan fingerprint density at radius 2 is 2.10 bits per heavy atom. The van der Waals surface area contributed by atoms with Gasteiger partial charge in [-0.3, -0.25) is 0 Å². The Hall–Kier alpha value is -0.770. The third-order valence-corrected chi connectivity index (χ3v) is 4.39. The van der Waals surface area contributed by atoms with Gasteiger partial charge in [0, 0.05) is 30.2 Å². The van der Waals surface area contributed by atoms with E-state index in [9.17, 15) is 0 Å². The van der Waals surface area contributed by atoms with E-state index in [0.717, 1.165) is 48.6 Å². The Bertz CT molecular complexity index is 452. The van der Waals surface area contributed by atoms with E-state index in [-0.39, 0.29) is 12.1 Å². The quantitative estimate of drug-likeness (QED) is 0.847. The molecular weight excluding hydrogens is 286 g/mol. The minimum Gasteiger partial charge on any atom is -0.490 e. The van der Waals surface area contributed by atoms with Crippen LogP contribution < -0.4 is 10.1 Å². The highest BCUT2D eigenvalue weighted by atomic mass is 35.5. The molecule has 1 saturated carbocycles. The first-order valence-corrected chi connectivity index (χ1v) is 8.24. The molecule has 0 spiro atoms. The van der Waals surface area contributed by atoms with Gasteiger partial charge in [-0.25, -0.2) is 0 Å². The van der Waals surface area contributed by atoms with Crippen LogP contribution >= 0.6 is 11.6 Å². The molecule has 118 valence electrons. The molecule has 0 heterocycles. The second-order valence-electron chi connectivity index (χ2n) is 5.73. The molecular formula is C17H26ClNO2. The summed E-state index contributed by atoms with van der Waals surface area (Å²) in [5.74, 6) is 0.939. The van der Waals surface area contributed by atoms with Crippen molar-refractivity contribution >= 4 is 11.6 Å². The fourth-order valence-corrected chi connectivity index (χ4v) is 3.16. The summed E-state index contributed by atoms with van der Waals surface area (Å²) in [5, 5.41) is 4.17. The number of halogens is 1. The third-order valence-electron chi connectivity index (χ3n) is 4.15. The van der Waals surface area contributed by atoms with Crippen molar-refractivity contribution in [3.63, 3.8) is 0 Å². The maximum Gasteiger partial charge on any atom is 0.124 e. The summed E-state index contributed by atoms with van der Waals surface area (Å²) >= 11 is 6.15. The van der Waals surface area contributed by atoms with Gasteiger partial charge >= 0.3 is 0 Å². The largest absolute Gasteiger partial charge is 0.490 e. The van der Waals surface area contributed by atoms with E-state index in [1.165, 1.54) is 0 Å². The number of nitrogens with one attached hydrogen (secondary N) is 1. The van der Waals surface area contributed by atoms with Gasteiger partial charge in [0.2, 0.25) is 0 Å². The van der Waals surface area contributed by atoms with Crippen LogP contribution in [0.2, 0.25) is 5.02 Å². The van der Waals surface area contributed by atoms with Crippen LogP contribution in [0.1, 0.15) is 51.1 Å². The van der Waals surface area contributed by atoms with Crippen LogP contribution in [0.25, 0.3) is 0 Å². The second kappa shape index (κ2) is 8.02. The van der Waals surface area contributed by atoms with E-state index in [0.29, 0.717) is 6.10 Å². The molecule has 0 aliphatic heterocycles. The first kappa shape index (κ1) is 16.6. The summed E-state index contributed by atoms with van der Waals surface area (Å²) in [4.78, 5) is 0. The minimum atomic E-state index is 0.227. The Morgan fingerprint density at radius 3 is 2.81 bits per heavy atom. The number of hydrogen-bond acceptors (Lipinski definition) is 3. The second-order valence-corrected chi connectivity index (χ2v) is 6.16. The standard InChI is InChI=1S/C17H26ClNO2/c1-4-19-12(2)16-10-13(18)8-9-17(16)21-15-7-5-6-14(11-15)20-3/h8-10,12,14-15,19H,4-7,11H2,1-3H3. The van der Waals surface area contributed by atoms with Crippen molar-refractivity contribution in [2.45, 2.75) is 57.8 Å². The molecule has 3 unspecified atom stereocenters. The number of rotatable bonds is 6. The molecule has 1 aromatic carbocycles. The van der Waals surface area contributed by atoms with Crippen molar-refractivity contribution in [3.05, 3.63) is 28.8 Å². The lowest BCUT2D eigenvalue weighted by atomic mass is 9.94. The molecule has 1 aromatic rings. The molecule has 4 heteroatoms. The summed E-state index contributed by atoms with van der Waals surface area (Å²) in [7, 11) is 1.79. The number of ether oxygens (including phenoxy) is 2. The van der Waals surface area contributed by atoms with Crippen LogP contribution in [0.4, 0.5) is 0 Å². The van der Waals surface area contributed by atoms with Gasteiger partial charge in [0.15, 0.2) is 0 Å². The van der Waals surface area contributed by atoms with Crippen molar-refractivity contribution in [1.82, 2.24) is 5.32 Å². The minimum absolute atomic E-state index is 0.227. The number of hydrogen-bond donors (Lipinski definition) is 1.